The molecule has 2 aliphatic rings. The van der Waals surface area contributed by atoms with Crippen molar-refractivity contribution in [1.29, 1.82) is 0 Å². The van der Waals surface area contributed by atoms with Crippen molar-refractivity contribution in [1.82, 2.24) is 0 Å². The maximum absolute atomic E-state index is 12.3. The number of fused-ring (bicyclic) bond motifs is 2. The molecule has 8 nitrogen and oxygen atoms in total. The summed E-state index contributed by atoms with van der Waals surface area (Å²) in [6.45, 7) is 0.0807. The van der Waals surface area contributed by atoms with Gasteiger partial charge in [0.25, 0.3) is 0 Å². The van der Waals surface area contributed by atoms with Crippen LogP contribution >= 0.6 is 0 Å². The summed E-state index contributed by atoms with van der Waals surface area (Å²) < 4.78 is 38.4. The van der Waals surface area contributed by atoms with Crippen molar-refractivity contribution < 1.29 is 38.0 Å². The van der Waals surface area contributed by atoms with Crippen molar-refractivity contribution in [2.45, 2.75) is 12.3 Å². The number of benzene rings is 2. The molecule has 0 aliphatic carbocycles. The number of carbonyl (C=O) groups is 1. The number of rotatable bonds is 5. The van der Waals surface area contributed by atoms with Crippen LogP contribution in [0, 0.1) is 0 Å². The average molecular weight is 388 g/mol. The smallest absolute Gasteiger partial charge is 0.312 e. The zero-order valence-electron chi connectivity index (χ0n) is 16.0. The maximum Gasteiger partial charge on any atom is 0.312 e. The Hall–Kier alpha value is -3.29. The highest BCUT2D eigenvalue weighted by Crippen LogP contribution is 2.54. The Morgan fingerprint density at radius 2 is 1.54 bits per heavy atom. The Labute approximate surface area is 161 Å². The van der Waals surface area contributed by atoms with E-state index >= 15 is 0 Å². The Morgan fingerprint density at radius 3 is 2.14 bits per heavy atom. The monoisotopic (exact) mass is 388 g/mol. The zero-order valence-corrected chi connectivity index (χ0v) is 16.0. The molecular formula is C20H20O8. The number of hydrogen-bond acceptors (Lipinski definition) is 8. The van der Waals surface area contributed by atoms with E-state index in [4.69, 9.17) is 33.2 Å². The Balaban J connectivity index is 1.93. The normalized spacial score (nSPS) is 16.9. The number of methoxy groups -OCH3 is 4. The standard InChI is InChI=1S/C20H20O8/c1-22-13-5-10(6-14(23-2)18(13)24-3)11-7-16(21)28-12-8-15-19(27-9-26-15)20(25-4)17(11)12/h5-6,8,11H,7,9H2,1-4H3. The van der Waals surface area contributed by atoms with Gasteiger partial charge in [-0.25, -0.2) is 0 Å². The fourth-order valence-corrected chi connectivity index (χ4v) is 3.64. The Morgan fingerprint density at radius 1 is 0.857 bits per heavy atom. The van der Waals surface area contributed by atoms with Gasteiger partial charge in [0.1, 0.15) is 5.75 Å². The molecule has 8 heteroatoms. The summed E-state index contributed by atoms with van der Waals surface area (Å²) in [4.78, 5) is 12.3. The van der Waals surface area contributed by atoms with Crippen molar-refractivity contribution in [3.8, 4) is 40.2 Å². The van der Waals surface area contributed by atoms with Gasteiger partial charge in [-0.05, 0) is 17.7 Å². The Kier molecular flexibility index (Phi) is 4.54. The summed E-state index contributed by atoms with van der Waals surface area (Å²) in [5.41, 5.74) is 1.50. The van der Waals surface area contributed by atoms with E-state index in [-0.39, 0.29) is 25.1 Å². The van der Waals surface area contributed by atoms with E-state index < -0.39 is 0 Å². The summed E-state index contributed by atoms with van der Waals surface area (Å²) in [7, 11) is 6.17. The maximum atomic E-state index is 12.3. The van der Waals surface area contributed by atoms with Crippen LogP contribution in [-0.2, 0) is 4.79 Å². The van der Waals surface area contributed by atoms with Crippen LogP contribution in [0.1, 0.15) is 23.5 Å². The molecule has 1 unspecified atom stereocenters. The van der Waals surface area contributed by atoms with Crippen molar-refractivity contribution in [2.24, 2.45) is 0 Å². The van der Waals surface area contributed by atoms with Crippen LogP contribution in [0.25, 0.3) is 0 Å². The van der Waals surface area contributed by atoms with Crippen LogP contribution in [0.15, 0.2) is 18.2 Å². The molecule has 0 spiro atoms. The molecular weight excluding hydrogens is 368 g/mol. The van der Waals surface area contributed by atoms with Gasteiger partial charge in [-0.15, -0.1) is 0 Å². The minimum absolute atomic E-state index is 0.0807. The van der Waals surface area contributed by atoms with Crippen molar-refractivity contribution in [2.75, 3.05) is 35.2 Å². The van der Waals surface area contributed by atoms with Gasteiger partial charge in [-0.3, -0.25) is 4.79 Å². The fraction of sp³-hybridized carbons (Fsp3) is 0.350. The molecule has 148 valence electrons. The lowest BCUT2D eigenvalue weighted by atomic mass is 9.85. The van der Waals surface area contributed by atoms with E-state index in [1.165, 1.54) is 7.11 Å². The van der Waals surface area contributed by atoms with E-state index in [1.807, 2.05) is 12.1 Å². The molecule has 28 heavy (non-hydrogen) atoms. The van der Waals surface area contributed by atoms with Crippen LogP contribution in [0.2, 0.25) is 0 Å². The summed E-state index contributed by atoms with van der Waals surface area (Å²) >= 11 is 0. The van der Waals surface area contributed by atoms with Gasteiger partial charge in [0.2, 0.25) is 18.3 Å². The minimum atomic E-state index is -0.354. The zero-order chi connectivity index (χ0) is 19.8. The third kappa shape index (κ3) is 2.72. The third-order valence-electron chi connectivity index (χ3n) is 4.86. The van der Waals surface area contributed by atoms with Crippen LogP contribution in [0.3, 0.4) is 0 Å². The van der Waals surface area contributed by atoms with E-state index in [2.05, 4.69) is 0 Å². The number of esters is 1. The van der Waals surface area contributed by atoms with E-state index in [0.29, 0.717) is 45.8 Å². The van der Waals surface area contributed by atoms with Gasteiger partial charge < -0.3 is 33.2 Å². The first-order chi connectivity index (χ1) is 13.6. The predicted octanol–water partition coefficient (Wildman–Crippen LogP) is 2.89. The highest BCUT2D eigenvalue weighted by atomic mass is 16.7. The lowest BCUT2D eigenvalue weighted by molar-refractivity contribution is -0.135. The average Bonchev–Trinajstić information content (AvgIpc) is 3.18. The second kappa shape index (κ2) is 7.03. The summed E-state index contributed by atoms with van der Waals surface area (Å²) in [6.07, 6.45) is 0.127. The third-order valence-corrected chi connectivity index (χ3v) is 4.86. The van der Waals surface area contributed by atoms with Crippen LogP contribution in [-0.4, -0.2) is 41.2 Å². The molecule has 0 saturated carbocycles. The van der Waals surface area contributed by atoms with Crippen molar-refractivity contribution in [3.05, 3.63) is 29.3 Å². The molecule has 0 amide bonds. The fourth-order valence-electron chi connectivity index (χ4n) is 3.64. The molecule has 0 bridgehead atoms. The van der Waals surface area contributed by atoms with Crippen LogP contribution < -0.4 is 33.2 Å². The summed E-state index contributed by atoms with van der Waals surface area (Å²) in [5, 5.41) is 0. The SMILES string of the molecule is COc1cc(C2CC(=O)Oc3cc4c(c(OC)c32)OCO4)cc(OC)c1OC. The second-order valence-electron chi connectivity index (χ2n) is 6.24. The number of ether oxygens (including phenoxy) is 7. The summed E-state index contributed by atoms with van der Waals surface area (Å²) in [6, 6.07) is 5.29. The minimum Gasteiger partial charge on any atom is -0.493 e. The van der Waals surface area contributed by atoms with Gasteiger partial charge in [0.05, 0.1) is 34.9 Å². The van der Waals surface area contributed by atoms with E-state index in [0.717, 1.165) is 5.56 Å². The first-order valence-electron chi connectivity index (χ1n) is 8.62. The molecule has 0 radical (unpaired) electrons. The Bertz CT molecular complexity index is 911. The molecule has 2 aromatic carbocycles. The van der Waals surface area contributed by atoms with Crippen LogP contribution in [0.4, 0.5) is 0 Å². The van der Waals surface area contributed by atoms with E-state index in [1.54, 1.807) is 27.4 Å². The van der Waals surface area contributed by atoms with Gasteiger partial charge in [-0.1, -0.05) is 0 Å². The summed E-state index contributed by atoms with van der Waals surface area (Å²) in [5.74, 6) is 2.61. The number of carbonyl (C=O) groups excluding carboxylic acids is 1. The van der Waals surface area contributed by atoms with Crippen molar-refractivity contribution >= 4 is 5.97 Å². The number of hydrogen-bond donors (Lipinski definition) is 0. The molecule has 0 N–H and O–H groups in total. The van der Waals surface area contributed by atoms with Gasteiger partial charge in [0, 0.05) is 17.5 Å². The van der Waals surface area contributed by atoms with Crippen LogP contribution in [0.5, 0.6) is 40.2 Å². The van der Waals surface area contributed by atoms with Gasteiger partial charge >= 0.3 is 5.97 Å². The molecule has 0 saturated heterocycles. The second-order valence-corrected chi connectivity index (χ2v) is 6.24. The molecule has 1 atom stereocenters. The molecule has 2 aromatic rings. The highest BCUT2D eigenvalue weighted by Gasteiger charge is 2.37. The molecule has 4 rings (SSSR count). The van der Waals surface area contributed by atoms with Gasteiger partial charge in [-0.2, -0.15) is 0 Å². The predicted molar refractivity (Wildman–Crippen MR) is 97.3 cm³/mol. The van der Waals surface area contributed by atoms with Crippen molar-refractivity contribution in [3.63, 3.8) is 0 Å². The largest absolute Gasteiger partial charge is 0.493 e. The molecule has 2 aliphatic heterocycles. The lowest BCUT2D eigenvalue weighted by Crippen LogP contribution is -2.22. The lowest BCUT2D eigenvalue weighted by Gasteiger charge is -2.28. The molecule has 2 heterocycles. The quantitative estimate of drug-likeness (QED) is 0.571. The molecule has 0 fully saturated rings. The molecule has 0 aromatic heterocycles. The van der Waals surface area contributed by atoms with E-state index in [9.17, 15) is 4.79 Å². The topological polar surface area (TPSA) is 81.7 Å². The first kappa shape index (κ1) is 18.1. The van der Waals surface area contributed by atoms with Gasteiger partial charge in [0.15, 0.2) is 23.0 Å². The highest BCUT2D eigenvalue weighted by molar-refractivity contribution is 5.81. The first-order valence-corrected chi connectivity index (χ1v) is 8.62.